The van der Waals surface area contributed by atoms with Gasteiger partial charge in [-0.25, -0.2) is 0 Å². The van der Waals surface area contributed by atoms with Crippen LogP contribution in [-0.2, 0) is 11.3 Å². The lowest BCUT2D eigenvalue weighted by molar-refractivity contribution is 0.0193. The summed E-state index contributed by atoms with van der Waals surface area (Å²) in [6.07, 6.45) is 5.15. The van der Waals surface area contributed by atoms with Gasteiger partial charge in [0.05, 0.1) is 13.2 Å². The van der Waals surface area contributed by atoms with Crippen LogP contribution in [0.5, 0.6) is 0 Å². The normalized spacial score (nSPS) is 26.0. The molecule has 2 fully saturated rings. The smallest absolute Gasteiger partial charge is 0.118 e. The molecule has 3 rings (SSSR count). The van der Waals surface area contributed by atoms with Crippen LogP contribution in [0.1, 0.15) is 44.1 Å². The summed E-state index contributed by atoms with van der Waals surface area (Å²) in [6.45, 7) is 9.12. The highest BCUT2D eigenvalue weighted by atomic mass is 16.5. The van der Waals surface area contributed by atoms with Gasteiger partial charge < -0.3 is 9.15 Å². The first-order valence-corrected chi connectivity index (χ1v) is 8.71. The van der Waals surface area contributed by atoms with Crippen LogP contribution in [0.2, 0.25) is 0 Å². The molecule has 1 spiro atoms. The molecule has 2 saturated heterocycles. The molecule has 1 aromatic heterocycles. The highest BCUT2D eigenvalue weighted by molar-refractivity contribution is 5.07. The Morgan fingerprint density at radius 1 is 1.27 bits per heavy atom. The van der Waals surface area contributed by atoms with Gasteiger partial charge in [0.25, 0.3) is 0 Å². The Labute approximate surface area is 134 Å². The van der Waals surface area contributed by atoms with Crippen LogP contribution >= 0.6 is 0 Å². The maximum absolute atomic E-state index is 5.72. The number of ether oxygens (including phenoxy) is 1. The van der Waals surface area contributed by atoms with Gasteiger partial charge in [0.2, 0.25) is 0 Å². The molecule has 4 nitrogen and oxygen atoms in total. The summed E-state index contributed by atoms with van der Waals surface area (Å²) in [6, 6.07) is 4.78. The summed E-state index contributed by atoms with van der Waals surface area (Å²) in [7, 11) is 2.31. The number of likely N-dealkylation sites (tertiary alicyclic amines) is 2. The molecule has 0 N–H and O–H groups in total. The molecule has 0 aliphatic carbocycles. The first kappa shape index (κ1) is 16.0. The van der Waals surface area contributed by atoms with Crippen molar-refractivity contribution in [3.05, 3.63) is 23.7 Å². The van der Waals surface area contributed by atoms with E-state index in [9.17, 15) is 0 Å². The van der Waals surface area contributed by atoms with Crippen LogP contribution in [0.15, 0.2) is 16.5 Å². The molecule has 0 aromatic carbocycles. The molecule has 22 heavy (non-hydrogen) atoms. The van der Waals surface area contributed by atoms with E-state index in [0.717, 1.165) is 31.3 Å². The number of rotatable bonds is 5. The highest BCUT2D eigenvalue weighted by Gasteiger charge is 2.45. The topological polar surface area (TPSA) is 28.9 Å². The molecule has 3 heterocycles. The molecule has 1 atom stereocenters. The first-order valence-electron chi connectivity index (χ1n) is 8.71. The van der Waals surface area contributed by atoms with Crippen molar-refractivity contribution in [2.75, 3.05) is 33.4 Å². The van der Waals surface area contributed by atoms with Crippen molar-refractivity contribution in [2.45, 2.75) is 57.7 Å². The lowest BCUT2D eigenvalue weighted by Gasteiger charge is -2.45. The van der Waals surface area contributed by atoms with Crippen molar-refractivity contribution in [1.29, 1.82) is 0 Å². The third-order valence-corrected chi connectivity index (χ3v) is 5.72. The standard InChI is InChI=1S/C18H30N2O2/c1-4-21-14-16-7-8-18(19(16)3)9-11-20(12-10-18)13-17-6-5-15(2)22-17/h5-6,16H,4,7-14H2,1-3H3. The van der Waals surface area contributed by atoms with Crippen LogP contribution < -0.4 is 0 Å². The Morgan fingerprint density at radius 3 is 2.68 bits per heavy atom. The average molecular weight is 306 g/mol. The van der Waals surface area contributed by atoms with Crippen molar-refractivity contribution >= 4 is 0 Å². The number of aryl methyl sites for hydroxylation is 1. The summed E-state index contributed by atoms with van der Waals surface area (Å²) in [5, 5.41) is 0. The van der Waals surface area contributed by atoms with Crippen molar-refractivity contribution in [3.63, 3.8) is 0 Å². The van der Waals surface area contributed by atoms with Gasteiger partial charge in [-0.3, -0.25) is 9.80 Å². The third kappa shape index (κ3) is 3.24. The average Bonchev–Trinajstić information content (AvgIpc) is 3.05. The minimum atomic E-state index is 0.414. The summed E-state index contributed by atoms with van der Waals surface area (Å²) in [4.78, 5) is 5.16. The predicted molar refractivity (Wildman–Crippen MR) is 88.0 cm³/mol. The van der Waals surface area contributed by atoms with Crippen molar-refractivity contribution in [3.8, 4) is 0 Å². The van der Waals surface area contributed by atoms with E-state index in [-0.39, 0.29) is 0 Å². The van der Waals surface area contributed by atoms with Gasteiger partial charge in [0, 0.05) is 31.3 Å². The zero-order chi connectivity index (χ0) is 15.6. The summed E-state index contributed by atoms with van der Waals surface area (Å²) in [5.74, 6) is 2.11. The quantitative estimate of drug-likeness (QED) is 0.836. The van der Waals surface area contributed by atoms with Crippen LogP contribution in [0.3, 0.4) is 0 Å². The molecule has 0 radical (unpaired) electrons. The predicted octanol–water partition coefficient (Wildman–Crippen LogP) is 3.05. The molecular weight excluding hydrogens is 276 g/mol. The zero-order valence-corrected chi connectivity index (χ0v) is 14.3. The van der Waals surface area contributed by atoms with E-state index < -0.39 is 0 Å². The van der Waals surface area contributed by atoms with Gasteiger partial charge in [0.1, 0.15) is 11.5 Å². The molecule has 2 aliphatic heterocycles. The Balaban J connectivity index is 1.52. The lowest BCUT2D eigenvalue weighted by Crippen LogP contribution is -2.52. The summed E-state index contributed by atoms with van der Waals surface area (Å²) >= 11 is 0. The van der Waals surface area contributed by atoms with E-state index in [1.807, 2.05) is 6.92 Å². The lowest BCUT2D eigenvalue weighted by atomic mass is 9.85. The molecule has 2 aliphatic rings. The van der Waals surface area contributed by atoms with Gasteiger partial charge in [-0.15, -0.1) is 0 Å². The van der Waals surface area contributed by atoms with Gasteiger partial charge in [0.15, 0.2) is 0 Å². The Morgan fingerprint density at radius 2 is 2.05 bits per heavy atom. The Hall–Kier alpha value is -0.840. The molecule has 0 saturated carbocycles. The largest absolute Gasteiger partial charge is 0.465 e. The molecular formula is C18H30N2O2. The van der Waals surface area contributed by atoms with E-state index >= 15 is 0 Å². The second-order valence-electron chi connectivity index (χ2n) is 6.98. The number of likely N-dealkylation sites (N-methyl/N-ethyl adjacent to an activating group) is 1. The molecule has 4 heteroatoms. The number of hydrogen-bond donors (Lipinski definition) is 0. The highest BCUT2D eigenvalue weighted by Crippen LogP contribution is 2.40. The maximum atomic E-state index is 5.72. The minimum Gasteiger partial charge on any atom is -0.465 e. The second kappa shape index (κ2) is 6.73. The summed E-state index contributed by atoms with van der Waals surface area (Å²) in [5.41, 5.74) is 0.414. The van der Waals surface area contributed by atoms with Crippen LogP contribution in [0.4, 0.5) is 0 Å². The fourth-order valence-corrected chi connectivity index (χ4v) is 4.16. The monoisotopic (exact) mass is 306 g/mol. The van der Waals surface area contributed by atoms with Gasteiger partial charge in [-0.2, -0.15) is 0 Å². The molecule has 0 amide bonds. The molecule has 1 aromatic rings. The van der Waals surface area contributed by atoms with Crippen LogP contribution in [-0.4, -0.2) is 54.7 Å². The molecule has 0 bridgehead atoms. The van der Waals surface area contributed by atoms with Gasteiger partial charge in [-0.05, 0) is 58.7 Å². The SMILES string of the molecule is CCOCC1CCC2(CCN(Cc3ccc(C)o3)CC2)N1C. The van der Waals surface area contributed by atoms with E-state index in [1.165, 1.54) is 38.8 Å². The molecule has 124 valence electrons. The number of nitrogens with zero attached hydrogens (tertiary/aromatic N) is 2. The Kier molecular flexibility index (Phi) is 4.91. The van der Waals surface area contributed by atoms with Crippen LogP contribution in [0.25, 0.3) is 0 Å². The van der Waals surface area contributed by atoms with Gasteiger partial charge >= 0.3 is 0 Å². The zero-order valence-electron chi connectivity index (χ0n) is 14.3. The first-order chi connectivity index (χ1) is 10.6. The van der Waals surface area contributed by atoms with Crippen molar-refractivity contribution in [2.24, 2.45) is 0 Å². The number of piperidine rings is 1. The van der Waals surface area contributed by atoms with Crippen LogP contribution in [0, 0.1) is 6.92 Å². The van der Waals surface area contributed by atoms with Crippen molar-refractivity contribution in [1.82, 2.24) is 9.80 Å². The fourth-order valence-electron chi connectivity index (χ4n) is 4.16. The summed E-state index contributed by atoms with van der Waals surface area (Å²) < 4.78 is 11.4. The number of hydrogen-bond acceptors (Lipinski definition) is 4. The van der Waals surface area contributed by atoms with Crippen molar-refractivity contribution < 1.29 is 9.15 Å². The van der Waals surface area contributed by atoms with Gasteiger partial charge in [-0.1, -0.05) is 0 Å². The fraction of sp³-hybridized carbons (Fsp3) is 0.778. The Bertz CT molecular complexity index is 477. The minimum absolute atomic E-state index is 0.414. The molecule has 1 unspecified atom stereocenters. The van der Waals surface area contributed by atoms with E-state index in [2.05, 4.69) is 35.9 Å². The van der Waals surface area contributed by atoms with E-state index in [4.69, 9.17) is 9.15 Å². The third-order valence-electron chi connectivity index (χ3n) is 5.72. The second-order valence-corrected chi connectivity index (χ2v) is 6.98. The van der Waals surface area contributed by atoms with E-state index in [0.29, 0.717) is 11.6 Å². The number of furan rings is 1. The maximum Gasteiger partial charge on any atom is 0.118 e. The van der Waals surface area contributed by atoms with E-state index in [1.54, 1.807) is 0 Å².